The Kier molecular flexibility index (Phi) is 4.51. The normalized spacial score (nSPS) is 24.7. The Balaban J connectivity index is 2.59. The number of oxime groups is 1. The number of aliphatic hydroxyl groups is 1. The first-order valence-corrected chi connectivity index (χ1v) is 4.92. The van der Waals surface area contributed by atoms with E-state index in [9.17, 15) is 4.79 Å². The van der Waals surface area contributed by atoms with E-state index in [0.717, 1.165) is 5.71 Å². The van der Waals surface area contributed by atoms with Gasteiger partial charge in [0.2, 0.25) is 5.91 Å². The molecule has 0 aromatic heterocycles. The smallest absolute Gasteiger partial charge is 0.235 e. The highest BCUT2D eigenvalue weighted by Gasteiger charge is 2.32. The lowest BCUT2D eigenvalue weighted by Crippen LogP contribution is -2.40. The fourth-order valence-electron chi connectivity index (χ4n) is 1.75. The molecule has 86 valence electrons. The minimum atomic E-state index is -0.353. The maximum absolute atomic E-state index is 11.1. The van der Waals surface area contributed by atoms with E-state index < -0.39 is 0 Å². The van der Waals surface area contributed by atoms with Crippen molar-refractivity contribution in [1.82, 2.24) is 4.90 Å². The molecule has 1 rings (SSSR count). The van der Waals surface area contributed by atoms with E-state index in [1.54, 1.807) is 0 Å². The summed E-state index contributed by atoms with van der Waals surface area (Å²) < 4.78 is 0. The van der Waals surface area contributed by atoms with E-state index in [2.05, 4.69) is 9.99 Å². The second kappa shape index (κ2) is 5.67. The molecule has 1 aliphatic rings. The predicted octanol–water partition coefficient (Wildman–Crippen LogP) is -1.07. The molecular weight excluding hydrogens is 198 g/mol. The third-order valence-corrected chi connectivity index (χ3v) is 2.41. The first-order chi connectivity index (χ1) is 7.19. The molecule has 1 amide bonds. The second-order valence-electron chi connectivity index (χ2n) is 3.51. The number of likely N-dealkylation sites (tertiary alicyclic amines) is 1. The fraction of sp³-hybridized carbons (Fsp3) is 0.778. The largest absolute Gasteiger partial charge is 0.399 e. The molecule has 3 N–H and O–H groups in total. The molecule has 0 bridgehead atoms. The minimum absolute atomic E-state index is 0.110. The highest BCUT2D eigenvalue weighted by Crippen LogP contribution is 2.15. The molecule has 0 aromatic carbocycles. The molecule has 0 radical (unpaired) electrons. The summed E-state index contributed by atoms with van der Waals surface area (Å²) in [6, 6.07) is -0.314. The van der Waals surface area contributed by atoms with Crippen molar-refractivity contribution in [2.45, 2.75) is 18.9 Å². The molecule has 6 nitrogen and oxygen atoms in total. The number of aliphatic hydroxyl groups excluding tert-OH is 1. The van der Waals surface area contributed by atoms with Crippen LogP contribution in [0, 0.1) is 0 Å². The van der Waals surface area contributed by atoms with Gasteiger partial charge < -0.3 is 15.7 Å². The van der Waals surface area contributed by atoms with Gasteiger partial charge in [-0.2, -0.15) is 0 Å². The number of nitrogens with zero attached hydrogens (tertiary/aromatic N) is 2. The van der Waals surface area contributed by atoms with Gasteiger partial charge in [0.05, 0.1) is 11.8 Å². The molecule has 0 saturated carbocycles. The summed E-state index contributed by atoms with van der Waals surface area (Å²) in [4.78, 5) is 17.7. The van der Waals surface area contributed by atoms with Crippen LogP contribution in [0.1, 0.15) is 12.8 Å². The van der Waals surface area contributed by atoms with Crippen LogP contribution in [-0.2, 0) is 9.63 Å². The van der Waals surface area contributed by atoms with Crippen LogP contribution in [0.3, 0.4) is 0 Å². The van der Waals surface area contributed by atoms with Gasteiger partial charge in [0.15, 0.2) is 0 Å². The van der Waals surface area contributed by atoms with Gasteiger partial charge in [-0.05, 0) is 6.42 Å². The number of carbonyl (C=O) groups excluding carboxylic acids is 1. The summed E-state index contributed by atoms with van der Waals surface area (Å²) >= 11 is 0. The van der Waals surface area contributed by atoms with Crippen molar-refractivity contribution in [2.24, 2.45) is 10.9 Å². The molecule has 0 aromatic rings. The number of hydrogen-bond donors (Lipinski definition) is 2. The Bertz CT molecular complexity index is 255. The lowest BCUT2D eigenvalue weighted by molar-refractivity contribution is -0.122. The van der Waals surface area contributed by atoms with Crippen LogP contribution in [0.25, 0.3) is 0 Å². The molecule has 1 saturated heterocycles. The third kappa shape index (κ3) is 3.17. The van der Waals surface area contributed by atoms with Crippen molar-refractivity contribution in [3.63, 3.8) is 0 Å². The van der Waals surface area contributed by atoms with E-state index in [4.69, 9.17) is 10.8 Å². The first-order valence-electron chi connectivity index (χ1n) is 4.92. The number of carbonyl (C=O) groups is 1. The summed E-state index contributed by atoms with van der Waals surface area (Å²) in [5.74, 6) is -0.353. The Labute approximate surface area is 88.7 Å². The lowest BCUT2D eigenvalue weighted by Gasteiger charge is -2.19. The van der Waals surface area contributed by atoms with Crippen LogP contribution in [0.5, 0.6) is 0 Å². The predicted molar refractivity (Wildman–Crippen MR) is 55.3 cm³/mol. The maximum Gasteiger partial charge on any atom is 0.235 e. The quantitative estimate of drug-likeness (QED) is 0.572. The van der Waals surface area contributed by atoms with E-state index in [1.807, 2.05) is 4.90 Å². The Hall–Kier alpha value is -1.14. The van der Waals surface area contributed by atoms with Gasteiger partial charge in [-0.3, -0.25) is 9.69 Å². The van der Waals surface area contributed by atoms with E-state index in [0.29, 0.717) is 25.9 Å². The third-order valence-electron chi connectivity index (χ3n) is 2.41. The first kappa shape index (κ1) is 11.9. The standard InChI is InChI=1S/C9H17N3O3/c1-15-11-7-5-8(9(10)14)12(6-7)3-2-4-13/h8,13H,2-6H2,1H3,(H2,10,14). The number of nitrogens with two attached hydrogens (primary N) is 1. The van der Waals surface area contributed by atoms with E-state index in [-0.39, 0.29) is 18.6 Å². The molecule has 15 heavy (non-hydrogen) atoms. The van der Waals surface area contributed by atoms with Crippen LogP contribution in [-0.4, -0.2) is 54.5 Å². The van der Waals surface area contributed by atoms with Gasteiger partial charge in [0.25, 0.3) is 0 Å². The summed E-state index contributed by atoms with van der Waals surface area (Å²) in [6.45, 7) is 1.34. The summed E-state index contributed by atoms with van der Waals surface area (Å²) in [6.07, 6.45) is 1.15. The van der Waals surface area contributed by atoms with Crippen LogP contribution in [0.2, 0.25) is 0 Å². The van der Waals surface area contributed by atoms with Crippen LogP contribution < -0.4 is 5.73 Å². The molecule has 6 heteroatoms. The zero-order chi connectivity index (χ0) is 11.3. The van der Waals surface area contributed by atoms with Gasteiger partial charge in [0, 0.05) is 26.1 Å². The number of primary amides is 1. The zero-order valence-electron chi connectivity index (χ0n) is 8.85. The number of hydrogen-bond acceptors (Lipinski definition) is 5. The van der Waals surface area contributed by atoms with E-state index >= 15 is 0 Å². The molecule has 0 spiro atoms. The second-order valence-corrected chi connectivity index (χ2v) is 3.51. The molecule has 1 heterocycles. The highest BCUT2D eigenvalue weighted by molar-refractivity contribution is 5.95. The molecule has 1 aliphatic heterocycles. The fourth-order valence-corrected chi connectivity index (χ4v) is 1.75. The molecule has 1 atom stereocenters. The monoisotopic (exact) mass is 215 g/mol. The van der Waals surface area contributed by atoms with Gasteiger partial charge in [0.1, 0.15) is 7.11 Å². The van der Waals surface area contributed by atoms with Crippen LogP contribution in [0.15, 0.2) is 5.16 Å². The summed E-state index contributed by atoms with van der Waals surface area (Å²) in [5, 5.41) is 12.5. The summed E-state index contributed by atoms with van der Waals surface area (Å²) in [7, 11) is 1.47. The minimum Gasteiger partial charge on any atom is -0.399 e. The van der Waals surface area contributed by atoms with Gasteiger partial charge in [-0.15, -0.1) is 0 Å². The zero-order valence-corrected chi connectivity index (χ0v) is 8.85. The van der Waals surface area contributed by atoms with Gasteiger partial charge in [-0.25, -0.2) is 0 Å². The number of rotatable bonds is 5. The topological polar surface area (TPSA) is 88.2 Å². The Morgan fingerprint density at radius 2 is 2.53 bits per heavy atom. The van der Waals surface area contributed by atoms with Gasteiger partial charge >= 0.3 is 0 Å². The van der Waals surface area contributed by atoms with Crippen LogP contribution in [0.4, 0.5) is 0 Å². The SMILES string of the molecule is CON=C1CC(C(N)=O)N(CCCO)C1. The molecular formula is C9H17N3O3. The lowest BCUT2D eigenvalue weighted by atomic mass is 10.2. The maximum atomic E-state index is 11.1. The van der Waals surface area contributed by atoms with Gasteiger partial charge in [-0.1, -0.05) is 5.16 Å². The average Bonchev–Trinajstić information content (AvgIpc) is 2.59. The summed E-state index contributed by atoms with van der Waals surface area (Å²) in [5.41, 5.74) is 6.10. The molecule has 1 fully saturated rings. The van der Waals surface area contributed by atoms with E-state index in [1.165, 1.54) is 7.11 Å². The van der Waals surface area contributed by atoms with Crippen molar-refractivity contribution in [3.8, 4) is 0 Å². The Morgan fingerprint density at radius 3 is 3.07 bits per heavy atom. The van der Waals surface area contributed by atoms with Crippen molar-refractivity contribution in [3.05, 3.63) is 0 Å². The molecule has 0 aliphatic carbocycles. The van der Waals surface area contributed by atoms with Crippen molar-refractivity contribution in [1.29, 1.82) is 0 Å². The number of amides is 1. The Morgan fingerprint density at radius 1 is 1.80 bits per heavy atom. The average molecular weight is 215 g/mol. The van der Waals surface area contributed by atoms with Crippen molar-refractivity contribution >= 4 is 11.6 Å². The molecule has 1 unspecified atom stereocenters. The van der Waals surface area contributed by atoms with Crippen LogP contribution >= 0.6 is 0 Å². The van der Waals surface area contributed by atoms with Crippen molar-refractivity contribution < 1.29 is 14.7 Å². The van der Waals surface area contributed by atoms with Crippen molar-refractivity contribution in [2.75, 3.05) is 26.8 Å². The highest BCUT2D eigenvalue weighted by atomic mass is 16.6.